The molecule has 6 heteroatoms. The summed E-state index contributed by atoms with van der Waals surface area (Å²) in [5.74, 6) is 1.83. The van der Waals surface area contributed by atoms with E-state index in [0.717, 1.165) is 36.2 Å². The fourth-order valence-electron chi connectivity index (χ4n) is 2.86. The summed E-state index contributed by atoms with van der Waals surface area (Å²) >= 11 is 1.74. The number of aryl methyl sites for hydroxylation is 1. The lowest BCUT2D eigenvalue weighted by Gasteiger charge is -2.22. The lowest BCUT2D eigenvalue weighted by molar-refractivity contribution is 0.315. The highest BCUT2D eigenvalue weighted by Crippen LogP contribution is 2.33. The van der Waals surface area contributed by atoms with Gasteiger partial charge in [0, 0.05) is 30.6 Å². The number of likely N-dealkylation sites (N-methyl/N-ethyl adjacent to an activating group) is 1. The van der Waals surface area contributed by atoms with Crippen molar-refractivity contribution in [2.45, 2.75) is 26.3 Å². The van der Waals surface area contributed by atoms with E-state index in [1.807, 2.05) is 0 Å². The third-order valence-electron chi connectivity index (χ3n) is 4.02. The minimum atomic E-state index is 0.609. The quantitative estimate of drug-likeness (QED) is 0.940. The van der Waals surface area contributed by atoms with Gasteiger partial charge in [-0.3, -0.25) is 0 Å². The highest BCUT2D eigenvalue weighted by atomic mass is 32.1. The Balaban J connectivity index is 2.00. The van der Waals surface area contributed by atoms with Crippen LogP contribution < -0.4 is 10.2 Å². The molecule has 1 saturated heterocycles. The molecule has 0 spiro atoms. The van der Waals surface area contributed by atoms with Gasteiger partial charge in [-0.1, -0.05) is 0 Å². The number of anilines is 2. The van der Waals surface area contributed by atoms with Crippen LogP contribution in [0.4, 0.5) is 11.8 Å². The second-order valence-electron chi connectivity index (χ2n) is 5.83. The van der Waals surface area contributed by atoms with Gasteiger partial charge in [-0.2, -0.15) is 4.98 Å². The van der Waals surface area contributed by atoms with E-state index < -0.39 is 0 Å². The van der Waals surface area contributed by atoms with Gasteiger partial charge in [0.2, 0.25) is 5.95 Å². The highest BCUT2D eigenvalue weighted by molar-refractivity contribution is 7.18. The Kier molecular flexibility index (Phi) is 3.99. The molecule has 5 nitrogen and oxygen atoms in total. The fourth-order valence-corrected chi connectivity index (χ4v) is 3.73. The number of hydrogen-bond acceptors (Lipinski definition) is 6. The number of rotatable bonds is 4. The van der Waals surface area contributed by atoms with Crippen molar-refractivity contribution >= 4 is 33.3 Å². The molecule has 2 aromatic rings. The Hall–Kier alpha value is -1.40. The zero-order valence-electron chi connectivity index (χ0n) is 13.2. The molecule has 1 N–H and O–H groups in total. The Labute approximate surface area is 130 Å². The summed E-state index contributed by atoms with van der Waals surface area (Å²) in [6.07, 6.45) is 1.19. The van der Waals surface area contributed by atoms with E-state index >= 15 is 0 Å². The number of fused-ring (bicyclic) bond motifs is 1. The molecule has 114 valence electrons. The number of nitrogens with zero attached hydrogens (tertiary/aromatic N) is 4. The number of nitrogens with one attached hydrogen (secondary N) is 1. The van der Waals surface area contributed by atoms with Crippen LogP contribution in [0.1, 0.15) is 18.2 Å². The van der Waals surface area contributed by atoms with E-state index in [4.69, 9.17) is 4.98 Å². The topological polar surface area (TPSA) is 44.3 Å². The summed E-state index contributed by atoms with van der Waals surface area (Å²) in [5, 5.41) is 4.45. The molecule has 1 aliphatic heterocycles. The summed E-state index contributed by atoms with van der Waals surface area (Å²) < 4.78 is 0. The van der Waals surface area contributed by atoms with Crippen LogP contribution in [0.25, 0.3) is 10.2 Å². The number of aromatic nitrogens is 2. The van der Waals surface area contributed by atoms with Gasteiger partial charge in [0.05, 0.1) is 5.39 Å². The molecule has 1 unspecified atom stereocenters. The maximum Gasteiger partial charge on any atom is 0.226 e. The molecule has 3 rings (SSSR count). The first kappa shape index (κ1) is 14.5. The lowest BCUT2D eigenvalue weighted by atomic mass is 10.2. The highest BCUT2D eigenvalue weighted by Gasteiger charge is 2.27. The van der Waals surface area contributed by atoms with Crippen LogP contribution in [0.2, 0.25) is 0 Å². The maximum absolute atomic E-state index is 4.77. The Morgan fingerprint density at radius 1 is 1.43 bits per heavy atom. The second kappa shape index (κ2) is 5.77. The van der Waals surface area contributed by atoms with Gasteiger partial charge in [-0.05, 0) is 40.4 Å². The molecule has 1 fully saturated rings. The first-order valence-corrected chi connectivity index (χ1v) is 8.33. The van der Waals surface area contributed by atoms with E-state index in [9.17, 15) is 0 Å². The number of thiophene rings is 1. The van der Waals surface area contributed by atoms with E-state index in [1.54, 1.807) is 11.3 Å². The Morgan fingerprint density at radius 3 is 2.90 bits per heavy atom. The summed E-state index contributed by atoms with van der Waals surface area (Å²) in [6, 6.07) is 2.82. The first-order valence-electron chi connectivity index (χ1n) is 7.52. The van der Waals surface area contributed by atoms with Gasteiger partial charge in [0.15, 0.2) is 0 Å². The number of hydrogen-bond donors (Lipinski definition) is 1. The van der Waals surface area contributed by atoms with E-state index in [0.29, 0.717) is 6.04 Å². The van der Waals surface area contributed by atoms with Crippen LogP contribution >= 0.6 is 11.3 Å². The van der Waals surface area contributed by atoms with Gasteiger partial charge in [0.25, 0.3) is 0 Å². The standard InChI is InChI=1S/C15H23N5S/c1-5-16-15-17-13(12-8-10(2)21-14(12)18-15)20-7-6-11(9-20)19(3)4/h8,11H,5-7,9H2,1-4H3,(H,16,17,18). The molecule has 0 aromatic carbocycles. The normalized spacial score (nSPS) is 18.9. The third kappa shape index (κ3) is 2.82. The predicted octanol–water partition coefficient (Wildman–Crippen LogP) is 2.57. The van der Waals surface area contributed by atoms with Crippen molar-refractivity contribution in [1.82, 2.24) is 14.9 Å². The van der Waals surface area contributed by atoms with Crippen molar-refractivity contribution in [3.05, 3.63) is 10.9 Å². The SMILES string of the molecule is CCNc1nc(N2CCC(N(C)C)C2)c2cc(C)sc2n1. The molecule has 1 aliphatic rings. The molecular formula is C15H23N5S. The molecule has 3 heterocycles. The van der Waals surface area contributed by atoms with Crippen molar-refractivity contribution in [3.63, 3.8) is 0 Å². The van der Waals surface area contributed by atoms with Crippen molar-refractivity contribution in [1.29, 1.82) is 0 Å². The van der Waals surface area contributed by atoms with E-state index in [2.05, 4.69) is 54.1 Å². The van der Waals surface area contributed by atoms with Crippen molar-refractivity contribution < 1.29 is 0 Å². The molecule has 2 aromatic heterocycles. The summed E-state index contributed by atoms with van der Waals surface area (Å²) in [4.78, 5) is 16.5. The van der Waals surface area contributed by atoms with Crippen molar-refractivity contribution in [2.24, 2.45) is 0 Å². The van der Waals surface area contributed by atoms with E-state index in [-0.39, 0.29) is 0 Å². The Morgan fingerprint density at radius 2 is 2.24 bits per heavy atom. The zero-order valence-corrected chi connectivity index (χ0v) is 14.0. The van der Waals surface area contributed by atoms with Crippen LogP contribution in [0.3, 0.4) is 0 Å². The van der Waals surface area contributed by atoms with Gasteiger partial charge in [0.1, 0.15) is 10.6 Å². The molecule has 0 bridgehead atoms. The second-order valence-corrected chi connectivity index (χ2v) is 7.06. The fraction of sp³-hybridized carbons (Fsp3) is 0.600. The molecule has 0 aliphatic carbocycles. The average molecular weight is 305 g/mol. The first-order chi connectivity index (χ1) is 10.1. The maximum atomic E-state index is 4.77. The summed E-state index contributed by atoms with van der Waals surface area (Å²) in [7, 11) is 4.31. The molecule has 21 heavy (non-hydrogen) atoms. The van der Waals surface area contributed by atoms with Crippen LogP contribution in [0.15, 0.2) is 6.07 Å². The lowest BCUT2D eigenvalue weighted by Crippen LogP contribution is -2.31. The largest absolute Gasteiger partial charge is 0.354 e. The Bertz CT molecular complexity index is 636. The van der Waals surface area contributed by atoms with Crippen LogP contribution in [0, 0.1) is 6.92 Å². The van der Waals surface area contributed by atoms with Gasteiger partial charge < -0.3 is 15.1 Å². The minimum Gasteiger partial charge on any atom is -0.354 e. The molecule has 0 amide bonds. The summed E-state index contributed by atoms with van der Waals surface area (Å²) in [5.41, 5.74) is 0. The predicted molar refractivity (Wildman–Crippen MR) is 90.6 cm³/mol. The van der Waals surface area contributed by atoms with Crippen molar-refractivity contribution in [3.8, 4) is 0 Å². The van der Waals surface area contributed by atoms with Crippen LogP contribution in [0.5, 0.6) is 0 Å². The molecular weight excluding hydrogens is 282 g/mol. The monoisotopic (exact) mass is 305 g/mol. The van der Waals surface area contributed by atoms with Crippen LogP contribution in [-0.4, -0.2) is 54.6 Å². The minimum absolute atomic E-state index is 0.609. The van der Waals surface area contributed by atoms with Crippen LogP contribution in [-0.2, 0) is 0 Å². The average Bonchev–Trinajstić information content (AvgIpc) is 3.03. The third-order valence-corrected chi connectivity index (χ3v) is 4.97. The van der Waals surface area contributed by atoms with Gasteiger partial charge in [-0.15, -0.1) is 11.3 Å². The molecule has 1 atom stereocenters. The molecule has 0 radical (unpaired) electrons. The van der Waals surface area contributed by atoms with Crippen molar-refractivity contribution in [2.75, 3.05) is 43.9 Å². The van der Waals surface area contributed by atoms with Gasteiger partial charge >= 0.3 is 0 Å². The van der Waals surface area contributed by atoms with Gasteiger partial charge in [-0.25, -0.2) is 4.98 Å². The smallest absolute Gasteiger partial charge is 0.226 e. The summed E-state index contributed by atoms with van der Waals surface area (Å²) in [6.45, 7) is 7.16. The zero-order chi connectivity index (χ0) is 15.0. The molecule has 0 saturated carbocycles. The van der Waals surface area contributed by atoms with E-state index in [1.165, 1.54) is 16.7 Å².